The number of rotatable bonds is 4. The minimum Gasteiger partial charge on any atom is -0.545 e. The summed E-state index contributed by atoms with van der Waals surface area (Å²) in [6, 6.07) is 21.0. The van der Waals surface area contributed by atoms with Crippen molar-refractivity contribution >= 4 is 68.0 Å². The van der Waals surface area contributed by atoms with E-state index in [1.165, 1.54) is 0 Å². The first-order valence-corrected chi connectivity index (χ1v) is 15.3. The van der Waals surface area contributed by atoms with Gasteiger partial charge in [-0.2, -0.15) is 0 Å². The molecule has 2 N–H and O–H groups in total. The van der Waals surface area contributed by atoms with E-state index in [9.17, 15) is 39.6 Å². The second-order valence-electron chi connectivity index (χ2n) is 11.6. The zero-order valence-electron chi connectivity index (χ0n) is 26.2. The van der Waals surface area contributed by atoms with E-state index in [2.05, 4.69) is 29.9 Å². The Labute approximate surface area is 306 Å². The Hall–Kier alpha value is -7.26. The zero-order valence-corrected chi connectivity index (χ0v) is 28.0. The van der Waals surface area contributed by atoms with Gasteiger partial charge in [-0.05, 0) is 0 Å². The fourth-order valence-electron chi connectivity index (χ4n) is 6.72. The molecule has 0 atom stereocenters. The Bertz CT molecular complexity index is 2810. The van der Waals surface area contributed by atoms with Crippen LogP contribution in [-0.4, -0.2) is 63.7 Å². The predicted molar refractivity (Wildman–Crippen MR) is 173 cm³/mol. The monoisotopic (exact) mass is 788 g/mol. The normalized spacial score (nSPS) is 11.5. The van der Waals surface area contributed by atoms with E-state index >= 15 is 0 Å². The number of fused-ring (bicyclic) bond motifs is 20. The molecular weight excluding hydrogens is 774 g/mol. The number of carboxylic acids is 4. The van der Waals surface area contributed by atoms with E-state index in [-0.39, 0.29) is 42.8 Å². The Balaban J connectivity index is 0.00000400. The molecular formula is C36H14N8O8Ru. The van der Waals surface area contributed by atoms with Gasteiger partial charge in [0.15, 0.2) is 23.3 Å². The smallest absolute Gasteiger partial charge is 0.545 e. The summed E-state index contributed by atoms with van der Waals surface area (Å²) in [6.45, 7) is 0. The summed E-state index contributed by atoms with van der Waals surface area (Å²) in [7, 11) is 0. The summed E-state index contributed by atoms with van der Waals surface area (Å²) in [6.07, 6.45) is 0. The molecule has 2 aliphatic rings. The number of carboxylic acid groups (broad SMARTS) is 4. The quantitative estimate of drug-likeness (QED) is 0.228. The maximum atomic E-state index is 12.7. The molecule has 0 unspecified atom stereocenters. The van der Waals surface area contributed by atoms with Crippen molar-refractivity contribution in [2.75, 3.05) is 0 Å². The molecule has 0 spiro atoms. The Kier molecular flexibility index (Phi) is 7.40. The number of carbonyl (C=O) groups is 4. The van der Waals surface area contributed by atoms with Gasteiger partial charge in [0.2, 0.25) is 0 Å². The minimum atomic E-state index is -2.34. The van der Waals surface area contributed by atoms with Crippen molar-refractivity contribution < 1.29 is 59.1 Å². The van der Waals surface area contributed by atoms with Gasteiger partial charge < -0.3 is 49.6 Å². The molecule has 254 valence electrons. The predicted octanol–water partition coefficient (Wildman–Crippen LogP) is 0.321. The number of hydrogen-bond donors (Lipinski definition) is 2. The third kappa shape index (κ3) is 4.86. The van der Waals surface area contributed by atoms with Gasteiger partial charge in [0.05, 0.1) is 23.9 Å². The van der Waals surface area contributed by atoms with Crippen LogP contribution in [0.15, 0.2) is 72.8 Å². The van der Waals surface area contributed by atoms with Gasteiger partial charge in [-0.15, -0.1) is 0 Å². The van der Waals surface area contributed by atoms with Crippen LogP contribution in [0.1, 0.15) is 41.4 Å². The number of nitrogens with zero attached hydrogens (tertiary/aromatic N) is 6. The average Bonchev–Trinajstić information content (AvgIpc) is 3.86. The van der Waals surface area contributed by atoms with Crippen LogP contribution >= 0.6 is 0 Å². The van der Waals surface area contributed by atoms with E-state index in [0.29, 0.717) is 44.3 Å². The Morgan fingerprint density at radius 1 is 0.396 bits per heavy atom. The standard InChI is InChI=1S/C36H18N8O8.Ru/c45-33(46)21-19-20(22(34(47)48)24(36(51)52)23(21)35(49)50)32-43-30-18-12-6-4-10-16(18)28(41-30)39-26-14-8-2-1-7-13(14)25(37-26)38-27-15-9-3-5-11-17(15)29(40-27)42-31(19)44-32;/h1-12H,(H,45,46)(H,47,48)(H,49,50)(H,51,52)(H2,37,38,39,40,41,42,43,44);/q;+4/p-4. The van der Waals surface area contributed by atoms with Crippen molar-refractivity contribution in [3.8, 4) is 45.6 Å². The second-order valence-corrected chi connectivity index (χ2v) is 11.6. The van der Waals surface area contributed by atoms with Gasteiger partial charge >= 0.3 is 19.5 Å². The molecule has 17 heteroatoms. The van der Waals surface area contributed by atoms with Gasteiger partial charge in [0.1, 0.15) is 22.6 Å². The Morgan fingerprint density at radius 3 is 1.00 bits per heavy atom. The number of H-pyrrole nitrogens is 2. The molecule has 3 aromatic heterocycles. The molecule has 4 aromatic carbocycles. The van der Waals surface area contributed by atoms with Gasteiger partial charge in [-0.3, -0.25) is 0 Å². The van der Waals surface area contributed by atoms with Crippen LogP contribution in [-0.2, 0) is 19.5 Å². The first kappa shape index (κ1) is 32.9. The number of benzene rings is 4. The molecule has 5 heterocycles. The van der Waals surface area contributed by atoms with Crippen LogP contribution in [0.4, 0.5) is 0 Å². The van der Waals surface area contributed by atoms with Gasteiger partial charge in [-0.25, -0.2) is 29.9 Å². The van der Waals surface area contributed by atoms with Crippen LogP contribution in [0.3, 0.4) is 0 Å². The maximum absolute atomic E-state index is 12.7. The number of aromatic nitrogens is 8. The fourth-order valence-corrected chi connectivity index (χ4v) is 6.72. The van der Waals surface area contributed by atoms with Crippen molar-refractivity contribution in [3.63, 3.8) is 0 Å². The summed E-state index contributed by atoms with van der Waals surface area (Å²) in [5.74, 6) is -8.77. The van der Waals surface area contributed by atoms with Crippen molar-refractivity contribution in [3.05, 3.63) is 95.1 Å². The fraction of sp³-hybridized carbons (Fsp3) is 0. The first-order chi connectivity index (χ1) is 25.1. The van der Waals surface area contributed by atoms with Crippen LogP contribution in [0, 0.1) is 0 Å². The summed E-state index contributed by atoms with van der Waals surface area (Å²) in [4.78, 5) is 84.3. The number of aromatic amines is 2. The summed E-state index contributed by atoms with van der Waals surface area (Å²) in [5.41, 5.74) is -3.81. The SMILES string of the molecule is O=C([O-])c1c(C(=O)[O-])c(C(=O)[O-])c2c3nc4nc(nc5[nH]c(nc6nc(nc([nH]3)c2c1C(=O)[O-])-c1ccccc1-6)c1ccccc51)-c1ccccc1-4.[Ru+4]. The van der Waals surface area contributed by atoms with Gasteiger partial charge in [0, 0.05) is 66.1 Å². The number of nitrogens with one attached hydrogen (secondary N) is 2. The summed E-state index contributed by atoms with van der Waals surface area (Å²) in [5, 5.41) is 50.3. The van der Waals surface area contributed by atoms with E-state index in [4.69, 9.17) is 9.97 Å². The van der Waals surface area contributed by atoms with Crippen molar-refractivity contribution in [2.24, 2.45) is 0 Å². The van der Waals surface area contributed by atoms with Crippen molar-refractivity contribution in [1.29, 1.82) is 0 Å². The van der Waals surface area contributed by atoms with Crippen LogP contribution in [0.5, 0.6) is 0 Å². The third-order valence-corrected chi connectivity index (χ3v) is 8.81. The van der Waals surface area contributed by atoms with Crippen LogP contribution < -0.4 is 20.4 Å². The molecule has 2 aliphatic heterocycles. The Morgan fingerprint density at radius 2 is 0.679 bits per heavy atom. The van der Waals surface area contributed by atoms with Crippen LogP contribution in [0.25, 0.3) is 89.7 Å². The van der Waals surface area contributed by atoms with Gasteiger partial charge in [-0.1, -0.05) is 72.8 Å². The molecule has 0 amide bonds. The van der Waals surface area contributed by atoms with E-state index in [1.54, 1.807) is 48.5 Å². The molecule has 16 nitrogen and oxygen atoms in total. The number of carbonyl (C=O) groups excluding carboxylic acids is 4. The molecule has 8 bridgehead atoms. The summed E-state index contributed by atoms with van der Waals surface area (Å²) >= 11 is 0. The zero-order chi connectivity index (χ0) is 36.0. The molecule has 0 aliphatic carbocycles. The third-order valence-electron chi connectivity index (χ3n) is 8.81. The molecule has 0 saturated heterocycles. The van der Waals surface area contributed by atoms with Crippen molar-refractivity contribution in [2.45, 2.75) is 0 Å². The largest absolute Gasteiger partial charge is 4.00 e. The molecule has 0 radical (unpaired) electrons. The first-order valence-electron chi connectivity index (χ1n) is 15.3. The molecule has 9 rings (SSSR count). The molecule has 0 fully saturated rings. The van der Waals surface area contributed by atoms with E-state index in [1.807, 2.05) is 24.3 Å². The molecule has 0 saturated carbocycles. The average molecular weight is 788 g/mol. The molecule has 53 heavy (non-hydrogen) atoms. The topological polar surface area (TPSA) is 269 Å². The number of hydrogen-bond acceptors (Lipinski definition) is 14. The van der Waals surface area contributed by atoms with Crippen LogP contribution in [0.2, 0.25) is 0 Å². The van der Waals surface area contributed by atoms with E-state index < -0.39 is 68.2 Å². The second kappa shape index (κ2) is 11.9. The van der Waals surface area contributed by atoms with Crippen molar-refractivity contribution in [1.82, 2.24) is 39.9 Å². The summed E-state index contributed by atoms with van der Waals surface area (Å²) < 4.78 is 0. The maximum Gasteiger partial charge on any atom is 4.00 e. The van der Waals surface area contributed by atoms with E-state index in [0.717, 1.165) is 0 Å². The number of aromatic carboxylic acids is 4. The van der Waals surface area contributed by atoms with Gasteiger partial charge in [0.25, 0.3) is 0 Å². The minimum absolute atomic E-state index is 0. The molecule has 7 aromatic rings.